The van der Waals surface area contributed by atoms with E-state index in [4.69, 9.17) is 10.5 Å². The van der Waals surface area contributed by atoms with Crippen molar-refractivity contribution in [3.63, 3.8) is 0 Å². The summed E-state index contributed by atoms with van der Waals surface area (Å²) in [6.07, 6.45) is 7.51. The molecule has 1 atom stereocenters. The van der Waals surface area contributed by atoms with Crippen LogP contribution in [0.3, 0.4) is 0 Å². The van der Waals surface area contributed by atoms with Gasteiger partial charge in [-0.1, -0.05) is 18.9 Å². The summed E-state index contributed by atoms with van der Waals surface area (Å²) < 4.78 is 5.82. The van der Waals surface area contributed by atoms with Gasteiger partial charge in [-0.05, 0) is 54.9 Å². The predicted molar refractivity (Wildman–Crippen MR) is 69.1 cm³/mol. The second-order valence-electron chi connectivity index (χ2n) is 5.44. The third-order valence-corrected chi connectivity index (χ3v) is 3.97. The van der Waals surface area contributed by atoms with Gasteiger partial charge in [-0.15, -0.1) is 0 Å². The Bertz CT molecular complexity index is 398. The van der Waals surface area contributed by atoms with Gasteiger partial charge < -0.3 is 10.5 Å². The molecular weight excluding hydrogens is 210 g/mol. The summed E-state index contributed by atoms with van der Waals surface area (Å²) in [5, 5.41) is 0. The zero-order valence-electron chi connectivity index (χ0n) is 10.3. The molecule has 2 N–H and O–H groups in total. The summed E-state index contributed by atoms with van der Waals surface area (Å²) >= 11 is 0. The lowest BCUT2D eigenvalue weighted by Crippen LogP contribution is -2.17. The molecule has 1 aromatic carbocycles. The number of rotatable bonds is 4. The molecule has 0 bridgehead atoms. The molecule has 0 aromatic heterocycles. The van der Waals surface area contributed by atoms with Crippen molar-refractivity contribution in [1.29, 1.82) is 0 Å². The van der Waals surface area contributed by atoms with Crippen LogP contribution in [-0.2, 0) is 6.42 Å². The van der Waals surface area contributed by atoms with Gasteiger partial charge in [-0.25, -0.2) is 0 Å². The average molecular weight is 231 g/mol. The summed E-state index contributed by atoms with van der Waals surface area (Å²) in [5.74, 6) is 1.97. The normalized spacial score (nSPS) is 23.2. The Morgan fingerprint density at radius 3 is 2.94 bits per heavy atom. The summed E-state index contributed by atoms with van der Waals surface area (Å²) in [7, 11) is 0. The third-order valence-electron chi connectivity index (χ3n) is 3.97. The van der Waals surface area contributed by atoms with E-state index in [-0.39, 0.29) is 6.04 Å². The van der Waals surface area contributed by atoms with Gasteiger partial charge in [0.2, 0.25) is 0 Å². The maximum Gasteiger partial charge on any atom is 0.119 e. The quantitative estimate of drug-likeness (QED) is 0.863. The van der Waals surface area contributed by atoms with Crippen LogP contribution in [0.15, 0.2) is 18.2 Å². The van der Waals surface area contributed by atoms with Gasteiger partial charge in [-0.3, -0.25) is 0 Å². The van der Waals surface area contributed by atoms with Crippen molar-refractivity contribution in [3.05, 3.63) is 29.3 Å². The number of ether oxygens (including phenoxy) is 1. The zero-order chi connectivity index (χ0) is 11.7. The van der Waals surface area contributed by atoms with Crippen molar-refractivity contribution < 1.29 is 4.74 Å². The van der Waals surface area contributed by atoms with Crippen molar-refractivity contribution in [1.82, 2.24) is 0 Å². The van der Waals surface area contributed by atoms with E-state index in [2.05, 4.69) is 18.2 Å². The van der Waals surface area contributed by atoms with Gasteiger partial charge in [0.15, 0.2) is 0 Å². The number of hydrogen-bond donors (Lipinski definition) is 1. The number of hydrogen-bond acceptors (Lipinski definition) is 2. The zero-order valence-corrected chi connectivity index (χ0v) is 10.3. The van der Waals surface area contributed by atoms with Crippen LogP contribution in [0.5, 0.6) is 5.75 Å². The van der Waals surface area contributed by atoms with Crippen LogP contribution in [-0.4, -0.2) is 6.61 Å². The van der Waals surface area contributed by atoms with Gasteiger partial charge in [0.25, 0.3) is 0 Å². The second kappa shape index (κ2) is 4.69. The molecule has 0 radical (unpaired) electrons. The molecule has 1 unspecified atom stereocenters. The fraction of sp³-hybridized carbons (Fsp3) is 0.600. The fourth-order valence-electron chi connectivity index (χ4n) is 2.67. The highest BCUT2D eigenvalue weighted by atomic mass is 16.5. The summed E-state index contributed by atoms with van der Waals surface area (Å²) in [6.45, 7) is 0.871. The molecule has 0 heterocycles. The van der Waals surface area contributed by atoms with Crippen LogP contribution in [0.25, 0.3) is 0 Å². The molecule has 1 aromatic rings. The first kappa shape index (κ1) is 11.1. The highest BCUT2D eigenvalue weighted by Crippen LogP contribution is 2.33. The maximum atomic E-state index is 6.10. The van der Waals surface area contributed by atoms with Crippen LogP contribution in [0.1, 0.15) is 49.3 Å². The molecule has 17 heavy (non-hydrogen) atoms. The first-order valence-corrected chi connectivity index (χ1v) is 6.84. The van der Waals surface area contributed by atoms with Crippen LogP contribution in [0, 0.1) is 5.92 Å². The predicted octanol–water partition coefficient (Wildman–Crippen LogP) is 3.20. The SMILES string of the molecule is NC1CCCc2cc(OCCC3CC3)ccc21. The van der Waals surface area contributed by atoms with Gasteiger partial charge >= 0.3 is 0 Å². The minimum absolute atomic E-state index is 0.235. The highest BCUT2D eigenvalue weighted by molar-refractivity contribution is 5.38. The van der Waals surface area contributed by atoms with Crippen LogP contribution in [0.2, 0.25) is 0 Å². The number of nitrogens with two attached hydrogens (primary N) is 1. The molecule has 0 saturated heterocycles. The van der Waals surface area contributed by atoms with Gasteiger partial charge in [0.05, 0.1) is 6.61 Å². The van der Waals surface area contributed by atoms with E-state index >= 15 is 0 Å². The first-order valence-electron chi connectivity index (χ1n) is 6.84. The van der Waals surface area contributed by atoms with Crippen molar-refractivity contribution in [2.45, 2.75) is 44.6 Å². The fourth-order valence-corrected chi connectivity index (χ4v) is 2.67. The molecule has 0 spiro atoms. The second-order valence-corrected chi connectivity index (χ2v) is 5.44. The smallest absolute Gasteiger partial charge is 0.119 e. The van der Waals surface area contributed by atoms with Crippen molar-refractivity contribution >= 4 is 0 Å². The van der Waals surface area contributed by atoms with E-state index in [1.54, 1.807) is 0 Å². The van der Waals surface area contributed by atoms with E-state index in [1.165, 1.54) is 36.8 Å². The summed E-state index contributed by atoms with van der Waals surface area (Å²) in [5.41, 5.74) is 8.82. The number of benzene rings is 1. The van der Waals surface area contributed by atoms with Crippen molar-refractivity contribution in [2.24, 2.45) is 11.7 Å². The molecular formula is C15H21NO. The lowest BCUT2D eigenvalue weighted by molar-refractivity contribution is 0.302. The molecule has 0 aliphatic heterocycles. The topological polar surface area (TPSA) is 35.2 Å². The van der Waals surface area contributed by atoms with E-state index in [0.29, 0.717) is 0 Å². The van der Waals surface area contributed by atoms with E-state index in [1.807, 2.05) is 0 Å². The Balaban J connectivity index is 1.64. The molecule has 0 amide bonds. The molecule has 2 heteroatoms. The van der Waals surface area contributed by atoms with Gasteiger partial charge in [-0.2, -0.15) is 0 Å². The minimum atomic E-state index is 0.235. The average Bonchev–Trinajstić information content (AvgIpc) is 3.13. The third kappa shape index (κ3) is 2.63. The van der Waals surface area contributed by atoms with Gasteiger partial charge in [0.1, 0.15) is 5.75 Å². The Morgan fingerprint density at radius 2 is 2.12 bits per heavy atom. The van der Waals surface area contributed by atoms with Crippen molar-refractivity contribution in [2.75, 3.05) is 6.61 Å². The maximum absolute atomic E-state index is 6.10. The van der Waals surface area contributed by atoms with E-state index in [9.17, 15) is 0 Å². The van der Waals surface area contributed by atoms with Gasteiger partial charge in [0, 0.05) is 6.04 Å². The lowest BCUT2D eigenvalue weighted by atomic mass is 9.88. The Morgan fingerprint density at radius 1 is 1.24 bits per heavy atom. The van der Waals surface area contributed by atoms with Crippen molar-refractivity contribution in [3.8, 4) is 5.75 Å². The molecule has 2 nitrogen and oxygen atoms in total. The summed E-state index contributed by atoms with van der Waals surface area (Å²) in [6, 6.07) is 6.67. The number of fused-ring (bicyclic) bond motifs is 1. The number of aryl methyl sites for hydroxylation is 1. The Hall–Kier alpha value is -1.02. The molecule has 3 rings (SSSR count). The molecule has 2 aliphatic rings. The molecule has 2 aliphatic carbocycles. The molecule has 1 fully saturated rings. The van der Waals surface area contributed by atoms with E-state index < -0.39 is 0 Å². The largest absolute Gasteiger partial charge is 0.494 e. The monoisotopic (exact) mass is 231 g/mol. The molecule has 1 saturated carbocycles. The Kier molecular flexibility index (Phi) is 3.06. The van der Waals surface area contributed by atoms with Crippen LogP contribution >= 0.6 is 0 Å². The minimum Gasteiger partial charge on any atom is -0.494 e. The highest BCUT2D eigenvalue weighted by Gasteiger charge is 2.21. The summed E-state index contributed by atoms with van der Waals surface area (Å²) in [4.78, 5) is 0. The first-order chi connectivity index (χ1) is 8.33. The van der Waals surface area contributed by atoms with Crippen LogP contribution < -0.4 is 10.5 Å². The molecule has 92 valence electrons. The van der Waals surface area contributed by atoms with E-state index in [0.717, 1.165) is 31.1 Å². The van der Waals surface area contributed by atoms with Crippen LogP contribution in [0.4, 0.5) is 0 Å². The Labute approximate surface area is 103 Å². The lowest BCUT2D eigenvalue weighted by Gasteiger charge is -2.22. The standard InChI is InChI=1S/C15H21NO/c16-15-3-1-2-12-10-13(6-7-14(12)15)17-9-8-11-4-5-11/h6-7,10-11,15H,1-5,8-9,16H2.